The standard InChI is InChI=1S/C16H18O4S/c1-21(17,18)20-16-9-5-8-14(12-16)10-11-19-13-15-6-3-2-4-7-15/h2-9,12H,10-11,13H2,1H3. The smallest absolute Gasteiger partial charge is 0.306 e. The molecular weight excluding hydrogens is 288 g/mol. The first kappa shape index (κ1) is 15.5. The summed E-state index contributed by atoms with van der Waals surface area (Å²) in [6.07, 6.45) is 1.73. The molecule has 0 bridgehead atoms. The van der Waals surface area contributed by atoms with E-state index >= 15 is 0 Å². The van der Waals surface area contributed by atoms with E-state index in [4.69, 9.17) is 8.92 Å². The molecule has 112 valence electrons. The van der Waals surface area contributed by atoms with Gasteiger partial charge in [-0.05, 0) is 29.7 Å². The fourth-order valence-corrected chi connectivity index (χ4v) is 2.34. The van der Waals surface area contributed by atoms with Crippen LogP contribution in [-0.4, -0.2) is 21.3 Å². The van der Waals surface area contributed by atoms with Crippen LogP contribution < -0.4 is 4.18 Å². The van der Waals surface area contributed by atoms with Gasteiger partial charge < -0.3 is 8.92 Å². The summed E-state index contributed by atoms with van der Waals surface area (Å²) in [6, 6.07) is 17.0. The number of benzene rings is 2. The Morgan fingerprint density at radius 1 is 0.952 bits per heavy atom. The molecule has 4 nitrogen and oxygen atoms in total. The van der Waals surface area contributed by atoms with Gasteiger partial charge in [0.25, 0.3) is 0 Å². The molecule has 2 rings (SSSR count). The Kier molecular flexibility index (Phi) is 5.36. The van der Waals surface area contributed by atoms with E-state index in [0.29, 0.717) is 25.4 Å². The van der Waals surface area contributed by atoms with Gasteiger partial charge in [-0.25, -0.2) is 0 Å². The molecule has 0 saturated carbocycles. The van der Waals surface area contributed by atoms with Crippen LogP contribution in [0.1, 0.15) is 11.1 Å². The van der Waals surface area contributed by atoms with Gasteiger partial charge in [0.05, 0.1) is 19.5 Å². The summed E-state index contributed by atoms with van der Waals surface area (Å²) in [6.45, 7) is 1.14. The topological polar surface area (TPSA) is 52.6 Å². The van der Waals surface area contributed by atoms with Crippen LogP contribution in [0.5, 0.6) is 5.75 Å². The lowest BCUT2D eigenvalue weighted by atomic mass is 10.1. The number of ether oxygens (including phenoxy) is 1. The van der Waals surface area contributed by atoms with Gasteiger partial charge in [0.2, 0.25) is 0 Å². The summed E-state index contributed by atoms with van der Waals surface area (Å²) < 4.78 is 32.6. The van der Waals surface area contributed by atoms with Gasteiger partial charge in [-0.1, -0.05) is 42.5 Å². The molecule has 0 aromatic heterocycles. The molecule has 2 aromatic rings. The van der Waals surface area contributed by atoms with Crippen molar-refractivity contribution in [2.45, 2.75) is 13.0 Å². The van der Waals surface area contributed by atoms with Crippen LogP contribution in [0.25, 0.3) is 0 Å². The highest BCUT2D eigenvalue weighted by Gasteiger charge is 2.04. The van der Waals surface area contributed by atoms with Crippen molar-refractivity contribution in [3.05, 3.63) is 65.7 Å². The van der Waals surface area contributed by atoms with E-state index in [1.165, 1.54) is 0 Å². The maximum absolute atomic E-state index is 11.1. The van der Waals surface area contributed by atoms with Crippen molar-refractivity contribution in [3.63, 3.8) is 0 Å². The minimum atomic E-state index is -3.49. The molecule has 0 amide bonds. The van der Waals surface area contributed by atoms with E-state index in [9.17, 15) is 8.42 Å². The summed E-state index contributed by atoms with van der Waals surface area (Å²) in [4.78, 5) is 0. The molecule has 0 spiro atoms. The van der Waals surface area contributed by atoms with E-state index in [1.807, 2.05) is 36.4 Å². The molecule has 2 aromatic carbocycles. The van der Waals surface area contributed by atoms with Gasteiger partial charge in [0.1, 0.15) is 5.75 Å². The monoisotopic (exact) mass is 306 g/mol. The van der Waals surface area contributed by atoms with Crippen LogP contribution in [0, 0.1) is 0 Å². The first-order valence-corrected chi connectivity index (χ1v) is 8.45. The zero-order valence-electron chi connectivity index (χ0n) is 11.9. The molecule has 0 aliphatic carbocycles. The van der Waals surface area contributed by atoms with Crippen molar-refractivity contribution in [3.8, 4) is 5.75 Å². The van der Waals surface area contributed by atoms with Gasteiger partial charge in [-0.2, -0.15) is 8.42 Å². The van der Waals surface area contributed by atoms with Gasteiger partial charge in [-0.15, -0.1) is 0 Å². The Hall–Kier alpha value is -1.85. The lowest BCUT2D eigenvalue weighted by Crippen LogP contribution is -2.06. The van der Waals surface area contributed by atoms with Crippen molar-refractivity contribution in [1.29, 1.82) is 0 Å². The summed E-state index contributed by atoms with van der Waals surface area (Å²) in [5.74, 6) is 0.332. The number of rotatable bonds is 7. The van der Waals surface area contributed by atoms with Gasteiger partial charge in [0, 0.05) is 0 Å². The molecule has 0 fully saturated rings. The Bertz CT molecular complexity index is 666. The second kappa shape index (κ2) is 7.24. The van der Waals surface area contributed by atoms with Crippen LogP contribution in [0.2, 0.25) is 0 Å². The van der Waals surface area contributed by atoms with E-state index in [-0.39, 0.29) is 0 Å². The van der Waals surface area contributed by atoms with Crippen LogP contribution in [0.3, 0.4) is 0 Å². The molecule has 21 heavy (non-hydrogen) atoms. The molecule has 0 atom stereocenters. The van der Waals surface area contributed by atoms with Crippen molar-refractivity contribution in [2.75, 3.05) is 12.9 Å². The maximum Gasteiger partial charge on any atom is 0.306 e. The van der Waals surface area contributed by atoms with Crippen molar-refractivity contribution < 1.29 is 17.3 Å². The van der Waals surface area contributed by atoms with Crippen molar-refractivity contribution in [2.24, 2.45) is 0 Å². The third-order valence-corrected chi connectivity index (χ3v) is 3.29. The minimum Gasteiger partial charge on any atom is -0.383 e. The van der Waals surface area contributed by atoms with Crippen LogP contribution in [0.4, 0.5) is 0 Å². The van der Waals surface area contributed by atoms with Crippen molar-refractivity contribution in [1.82, 2.24) is 0 Å². The molecule has 0 aliphatic rings. The Balaban J connectivity index is 1.82. The quantitative estimate of drug-likeness (QED) is 0.583. The summed E-state index contributed by atoms with van der Waals surface area (Å²) in [5, 5.41) is 0. The van der Waals surface area contributed by atoms with Gasteiger partial charge in [-0.3, -0.25) is 0 Å². The normalized spacial score (nSPS) is 11.3. The largest absolute Gasteiger partial charge is 0.383 e. The maximum atomic E-state index is 11.1. The van der Waals surface area contributed by atoms with E-state index in [0.717, 1.165) is 17.4 Å². The fourth-order valence-electron chi connectivity index (χ4n) is 1.88. The second-order valence-electron chi connectivity index (χ2n) is 4.72. The average molecular weight is 306 g/mol. The number of hydrogen-bond acceptors (Lipinski definition) is 4. The Labute approximate surface area is 125 Å². The molecule has 0 unspecified atom stereocenters. The van der Waals surface area contributed by atoms with E-state index in [1.54, 1.807) is 18.2 Å². The third kappa shape index (κ3) is 5.97. The highest BCUT2D eigenvalue weighted by atomic mass is 32.2. The second-order valence-corrected chi connectivity index (χ2v) is 6.30. The SMILES string of the molecule is CS(=O)(=O)Oc1cccc(CCOCc2ccccc2)c1. The summed E-state index contributed by atoms with van der Waals surface area (Å²) in [7, 11) is -3.49. The molecule has 0 radical (unpaired) electrons. The first-order valence-electron chi connectivity index (χ1n) is 6.63. The average Bonchev–Trinajstić information content (AvgIpc) is 2.43. The highest BCUT2D eigenvalue weighted by molar-refractivity contribution is 7.86. The van der Waals surface area contributed by atoms with Gasteiger partial charge >= 0.3 is 10.1 Å². The zero-order valence-corrected chi connectivity index (χ0v) is 12.7. The molecule has 0 heterocycles. The van der Waals surface area contributed by atoms with Crippen LogP contribution in [0.15, 0.2) is 54.6 Å². The van der Waals surface area contributed by atoms with E-state index in [2.05, 4.69) is 0 Å². The molecule has 0 aliphatic heterocycles. The van der Waals surface area contributed by atoms with Crippen molar-refractivity contribution >= 4 is 10.1 Å². The van der Waals surface area contributed by atoms with Gasteiger partial charge in [0.15, 0.2) is 0 Å². The summed E-state index contributed by atoms with van der Waals surface area (Å²) >= 11 is 0. The highest BCUT2D eigenvalue weighted by Crippen LogP contribution is 2.15. The lowest BCUT2D eigenvalue weighted by Gasteiger charge is -2.07. The summed E-state index contributed by atoms with van der Waals surface area (Å²) in [5.41, 5.74) is 2.11. The fraction of sp³-hybridized carbons (Fsp3) is 0.250. The molecule has 0 saturated heterocycles. The third-order valence-electron chi connectivity index (χ3n) is 2.79. The molecule has 0 N–H and O–H groups in total. The lowest BCUT2D eigenvalue weighted by molar-refractivity contribution is 0.124. The number of hydrogen-bond donors (Lipinski definition) is 0. The van der Waals surface area contributed by atoms with E-state index < -0.39 is 10.1 Å². The van der Waals surface area contributed by atoms with Crippen LogP contribution >= 0.6 is 0 Å². The predicted molar refractivity (Wildman–Crippen MR) is 81.7 cm³/mol. The Morgan fingerprint density at radius 3 is 2.38 bits per heavy atom. The molecule has 5 heteroatoms. The first-order chi connectivity index (χ1) is 10.0. The van der Waals surface area contributed by atoms with Crippen LogP contribution in [-0.2, 0) is 27.9 Å². The molecular formula is C16H18O4S. The minimum absolute atomic E-state index is 0.332. The zero-order chi connectivity index (χ0) is 15.1. The predicted octanol–water partition coefficient (Wildman–Crippen LogP) is 2.78. The Morgan fingerprint density at radius 2 is 1.67 bits per heavy atom.